The van der Waals surface area contributed by atoms with Crippen molar-refractivity contribution in [2.24, 2.45) is 4.99 Å². The van der Waals surface area contributed by atoms with Crippen LogP contribution in [0.1, 0.15) is 28.2 Å². The van der Waals surface area contributed by atoms with Crippen LogP contribution in [0.4, 0.5) is 0 Å². The van der Waals surface area contributed by atoms with Gasteiger partial charge in [-0.1, -0.05) is 7.43 Å². The first-order valence-corrected chi connectivity index (χ1v) is 2.25. The number of rotatable bonds is 1. The molecule has 0 bridgehead atoms. The van der Waals surface area contributed by atoms with Gasteiger partial charge in [0.1, 0.15) is 0 Å². The Morgan fingerprint density at radius 1 is 1.43 bits per heavy atom. The van der Waals surface area contributed by atoms with E-state index in [1.807, 2.05) is 20.8 Å². The molecule has 1 heteroatoms. The molecule has 0 atom stereocenters. The summed E-state index contributed by atoms with van der Waals surface area (Å²) in [5.41, 5.74) is 1.16. The van der Waals surface area contributed by atoms with Crippen LogP contribution in [0.25, 0.3) is 0 Å². The molecule has 0 aliphatic heterocycles. The van der Waals surface area contributed by atoms with Crippen molar-refractivity contribution in [2.45, 2.75) is 28.2 Å². The Morgan fingerprint density at radius 3 is 1.86 bits per heavy atom. The highest BCUT2D eigenvalue weighted by atomic mass is 14.7. The molecule has 0 aliphatic rings. The largest absolute Gasteiger partial charge is 0.295 e. The zero-order chi connectivity index (χ0) is 4.99. The van der Waals surface area contributed by atoms with E-state index in [1.54, 1.807) is 0 Å². The molecule has 0 rings (SSSR count). The number of nitrogens with zero attached hydrogens (tertiary/aromatic N) is 1. The topological polar surface area (TPSA) is 12.4 Å². The molecule has 0 aliphatic carbocycles. The molecule has 0 spiro atoms. The summed E-state index contributed by atoms with van der Waals surface area (Å²) in [6.07, 6.45) is 0. The summed E-state index contributed by atoms with van der Waals surface area (Å²) in [5, 5.41) is 0. The Morgan fingerprint density at radius 2 is 1.86 bits per heavy atom. The lowest BCUT2D eigenvalue weighted by Gasteiger charge is -1.81. The fraction of sp³-hybridized carbons (Fsp3) is 0.833. The van der Waals surface area contributed by atoms with Gasteiger partial charge in [0, 0.05) is 12.3 Å². The molecular formula is C6H15N. The van der Waals surface area contributed by atoms with Crippen LogP contribution in [-0.2, 0) is 0 Å². The summed E-state index contributed by atoms with van der Waals surface area (Å²) in [4.78, 5) is 4.04. The normalized spacial score (nSPS) is 6.71. The predicted molar refractivity (Wildman–Crippen MR) is 36.1 cm³/mol. The summed E-state index contributed by atoms with van der Waals surface area (Å²) in [6, 6.07) is 0. The molecule has 0 aromatic heterocycles. The van der Waals surface area contributed by atoms with E-state index in [-0.39, 0.29) is 7.43 Å². The fourth-order valence-electron chi connectivity index (χ4n) is 0.316. The van der Waals surface area contributed by atoms with E-state index in [9.17, 15) is 0 Å². The first-order valence-electron chi connectivity index (χ1n) is 2.25. The maximum absolute atomic E-state index is 4.04. The number of aliphatic imine (C=N–C) groups is 1. The average Bonchev–Trinajstić information content (AvgIpc) is 1.35. The first kappa shape index (κ1) is 9.83. The van der Waals surface area contributed by atoms with E-state index in [2.05, 4.69) is 4.99 Å². The third kappa shape index (κ3) is 10.7. The van der Waals surface area contributed by atoms with Gasteiger partial charge in [-0.15, -0.1) is 0 Å². The minimum absolute atomic E-state index is 0. The SMILES string of the molecule is C.CCN=C(C)C. The molecule has 44 valence electrons. The summed E-state index contributed by atoms with van der Waals surface area (Å²) < 4.78 is 0. The van der Waals surface area contributed by atoms with Crippen LogP contribution < -0.4 is 0 Å². The molecule has 0 radical (unpaired) electrons. The molecule has 0 saturated carbocycles. The van der Waals surface area contributed by atoms with Gasteiger partial charge in [0.15, 0.2) is 0 Å². The monoisotopic (exact) mass is 101 g/mol. The van der Waals surface area contributed by atoms with Crippen molar-refractivity contribution in [3.05, 3.63) is 0 Å². The molecule has 0 aromatic carbocycles. The van der Waals surface area contributed by atoms with E-state index in [0.717, 1.165) is 12.3 Å². The maximum Gasteiger partial charge on any atom is 0.0360 e. The quantitative estimate of drug-likeness (QED) is 0.449. The highest BCUT2D eigenvalue weighted by molar-refractivity contribution is 5.78. The van der Waals surface area contributed by atoms with Gasteiger partial charge in [-0.2, -0.15) is 0 Å². The lowest BCUT2D eigenvalue weighted by Crippen LogP contribution is -1.79. The van der Waals surface area contributed by atoms with Crippen LogP contribution in [-0.4, -0.2) is 12.3 Å². The van der Waals surface area contributed by atoms with E-state index in [0.29, 0.717) is 0 Å². The third-order valence-electron chi connectivity index (χ3n) is 0.474. The van der Waals surface area contributed by atoms with Crippen LogP contribution in [0.5, 0.6) is 0 Å². The van der Waals surface area contributed by atoms with Crippen molar-refractivity contribution < 1.29 is 0 Å². The Kier molecular flexibility index (Phi) is 7.96. The summed E-state index contributed by atoms with van der Waals surface area (Å²) in [5.74, 6) is 0. The molecular weight excluding hydrogens is 86.1 g/mol. The summed E-state index contributed by atoms with van der Waals surface area (Å²) >= 11 is 0. The van der Waals surface area contributed by atoms with Crippen LogP contribution in [0, 0.1) is 0 Å². The molecule has 0 heterocycles. The van der Waals surface area contributed by atoms with E-state index < -0.39 is 0 Å². The van der Waals surface area contributed by atoms with Crippen molar-refractivity contribution in [3.63, 3.8) is 0 Å². The lowest BCUT2D eigenvalue weighted by atomic mass is 10.5. The van der Waals surface area contributed by atoms with Gasteiger partial charge in [0.2, 0.25) is 0 Å². The van der Waals surface area contributed by atoms with Gasteiger partial charge in [0.05, 0.1) is 0 Å². The molecule has 0 amide bonds. The first-order chi connectivity index (χ1) is 2.77. The standard InChI is InChI=1S/C5H11N.CH4/c1-4-6-5(2)3;/h4H2,1-3H3;1H4. The Balaban J connectivity index is 0. The van der Waals surface area contributed by atoms with E-state index in [4.69, 9.17) is 0 Å². The summed E-state index contributed by atoms with van der Waals surface area (Å²) in [6.45, 7) is 6.96. The number of hydrogen-bond acceptors (Lipinski definition) is 1. The van der Waals surface area contributed by atoms with Crippen molar-refractivity contribution in [1.29, 1.82) is 0 Å². The molecule has 0 fully saturated rings. The Hall–Kier alpha value is -0.330. The molecule has 0 unspecified atom stereocenters. The number of hydrogen-bond donors (Lipinski definition) is 0. The summed E-state index contributed by atoms with van der Waals surface area (Å²) in [7, 11) is 0. The smallest absolute Gasteiger partial charge is 0.0360 e. The highest BCUT2D eigenvalue weighted by Gasteiger charge is 1.68. The average molecular weight is 101 g/mol. The van der Waals surface area contributed by atoms with Gasteiger partial charge in [-0.3, -0.25) is 4.99 Å². The second-order valence-electron chi connectivity index (χ2n) is 1.42. The second kappa shape index (κ2) is 5.67. The fourth-order valence-corrected chi connectivity index (χ4v) is 0.316. The second-order valence-corrected chi connectivity index (χ2v) is 1.42. The van der Waals surface area contributed by atoms with Crippen LogP contribution in [0.2, 0.25) is 0 Å². The predicted octanol–water partition coefficient (Wildman–Crippen LogP) is 2.12. The molecule has 7 heavy (non-hydrogen) atoms. The molecule has 1 nitrogen and oxygen atoms in total. The third-order valence-corrected chi connectivity index (χ3v) is 0.474. The molecule has 0 aromatic rings. The van der Waals surface area contributed by atoms with Crippen LogP contribution in [0.15, 0.2) is 4.99 Å². The Labute approximate surface area is 46.5 Å². The zero-order valence-corrected chi connectivity index (χ0v) is 4.65. The van der Waals surface area contributed by atoms with Crippen molar-refractivity contribution in [2.75, 3.05) is 6.54 Å². The van der Waals surface area contributed by atoms with Gasteiger partial charge in [0.25, 0.3) is 0 Å². The van der Waals surface area contributed by atoms with Gasteiger partial charge in [-0.25, -0.2) is 0 Å². The van der Waals surface area contributed by atoms with E-state index in [1.165, 1.54) is 0 Å². The molecule has 0 saturated heterocycles. The lowest BCUT2D eigenvalue weighted by molar-refractivity contribution is 1.12. The van der Waals surface area contributed by atoms with E-state index >= 15 is 0 Å². The zero-order valence-electron chi connectivity index (χ0n) is 4.65. The van der Waals surface area contributed by atoms with Crippen molar-refractivity contribution in [1.82, 2.24) is 0 Å². The molecule has 0 N–H and O–H groups in total. The van der Waals surface area contributed by atoms with Crippen LogP contribution >= 0.6 is 0 Å². The minimum atomic E-state index is 0. The van der Waals surface area contributed by atoms with Crippen molar-refractivity contribution >= 4 is 5.71 Å². The van der Waals surface area contributed by atoms with Gasteiger partial charge < -0.3 is 0 Å². The maximum atomic E-state index is 4.04. The van der Waals surface area contributed by atoms with Crippen LogP contribution in [0.3, 0.4) is 0 Å². The van der Waals surface area contributed by atoms with Gasteiger partial charge >= 0.3 is 0 Å². The Bertz CT molecular complexity index is 51.2. The minimum Gasteiger partial charge on any atom is -0.295 e. The highest BCUT2D eigenvalue weighted by Crippen LogP contribution is 1.70. The van der Waals surface area contributed by atoms with Crippen molar-refractivity contribution in [3.8, 4) is 0 Å². The van der Waals surface area contributed by atoms with Gasteiger partial charge in [-0.05, 0) is 20.8 Å².